The molecule has 1 aromatic heterocycles. The molecule has 0 unspecified atom stereocenters. The average Bonchev–Trinajstić information content (AvgIpc) is 2.49. The van der Waals surface area contributed by atoms with Crippen LogP contribution in [-0.4, -0.2) is 22.7 Å². The molecule has 7 nitrogen and oxygen atoms in total. The Kier molecular flexibility index (Phi) is 4.81. The fourth-order valence-electron chi connectivity index (χ4n) is 1.67. The van der Waals surface area contributed by atoms with E-state index in [0.29, 0.717) is 12.4 Å². The van der Waals surface area contributed by atoms with E-state index < -0.39 is 4.92 Å². The molecule has 1 N–H and O–H groups in total. The number of nitro groups is 1. The van der Waals surface area contributed by atoms with Crippen molar-refractivity contribution < 1.29 is 9.66 Å². The highest BCUT2D eigenvalue weighted by Gasteiger charge is 2.12. The third-order valence-electron chi connectivity index (χ3n) is 2.58. The van der Waals surface area contributed by atoms with Gasteiger partial charge < -0.3 is 4.74 Å². The minimum absolute atomic E-state index is 0.0904. The lowest BCUT2D eigenvalue weighted by atomic mass is 10.2. The van der Waals surface area contributed by atoms with Crippen molar-refractivity contribution in [3.8, 4) is 5.75 Å². The Labute approximate surface area is 121 Å². The molecule has 0 aliphatic rings. The summed E-state index contributed by atoms with van der Waals surface area (Å²) in [5, 5.41) is 14.8. The molecule has 0 saturated carbocycles. The maximum absolute atomic E-state index is 10.8. The van der Waals surface area contributed by atoms with Crippen LogP contribution in [-0.2, 0) is 0 Å². The van der Waals surface area contributed by atoms with Crippen LogP contribution in [0.2, 0.25) is 0 Å². The Morgan fingerprint density at radius 3 is 2.95 bits per heavy atom. The zero-order valence-corrected chi connectivity index (χ0v) is 11.4. The van der Waals surface area contributed by atoms with E-state index in [-0.39, 0.29) is 11.5 Å². The van der Waals surface area contributed by atoms with Crippen molar-refractivity contribution in [3.63, 3.8) is 0 Å². The van der Waals surface area contributed by atoms with E-state index in [0.717, 1.165) is 5.56 Å². The Hall–Kier alpha value is -2.96. The van der Waals surface area contributed by atoms with Gasteiger partial charge in [-0.05, 0) is 25.1 Å². The molecule has 0 bridgehead atoms. The Bertz CT molecular complexity index is 658. The quantitative estimate of drug-likeness (QED) is 0.501. The normalized spacial score (nSPS) is 10.5. The van der Waals surface area contributed by atoms with E-state index in [1.807, 2.05) is 31.2 Å². The second-order valence-electron chi connectivity index (χ2n) is 3.97. The fourth-order valence-corrected chi connectivity index (χ4v) is 1.67. The monoisotopic (exact) mass is 286 g/mol. The minimum atomic E-state index is -0.515. The van der Waals surface area contributed by atoms with Gasteiger partial charge in [0.05, 0.1) is 17.7 Å². The van der Waals surface area contributed by atoms with Crippen LogP contribution in [0.25, 0.3) is 0 Å². The second kappa shape index (κ2) is 6.99. The number of nitrogens with one attached hydrogen (secondary N) is 1. The number of para-hydroxylation sites is 1. The maximum Gasteiger partial charge on any atom is 0.313 e. The molecular formula is C14H14N4O3. The molecule has 0 amide bonds. The van der Waals surface area contributed by atoms with E-state index in [9.17, 15) is 10.1 Å². The van der Waals surface area contributed by atoms with E-state index >= 15 is 0 Å². The summed E-state index contributed by atoms with van der Waals surface area (Å²) < 4.78 is 5.46. The molecule has 2 aromatic rings. The predicted molar refractivity (Wildman–Crippen MR) is 79.7 cm³/mol. The molecule has 0 radical (unpaired) electrons. The van der Waals surface area contributed by atoms with Gasteiger partial charge >= 0.3 is 5.69 Å². The van der Waals surface area contributed by atoms with E-state index in [2.05, 4.69) is 15.5 Å². The van der Waals surface area contributed by atoms with Crippen LogP contribution in [0.1, 0.15) is 12.5 Å². The highest BCUT2D eigenvalue weighted by atomic mass is 16.6. The summed E-state index contributed by atoms with van der Waals surface area (Å²) in [6.07, 6.45) is 2.99. The summed E-state index contributed by atoms with van der Waals surface area (Å²) in [5.74, 6) is 0.786. The second-order valence-corrected chi connectivity index (χ2v) is 3.97. The molecular weight excluding hydrogens is 272 g/mol. The first-order valence-electron chi connectivity index (χ1n) is 6.32. The number of hydrogen-bond donors (Lipinski definition) is 1. The average molecular weight is 286 g/mol. The lowest BCUT2D eigenvalue weighted by Crippen LogP contribution is -2.00. The lowest BCUT2D eigenvalue weighted by molar-refractivity contribution is -0.384. The number of aromatic nitrogens is 1. The maximum atomic E-state index is 10.8. The third kappa shape index (κ3) is 3.75. The molecule has 1 aromatic carbocycles. The smallest absolute Gasteiger partial charge is 0.313 e. The van der Waals surface area contributed by atoms with Crippen LogP contribution < -0.4 is 10.2 Å². The largest absolute Gasteiger partial charge is 0.493 e. The number of hydrogen-bond acceptors (Lipinski definition) is 6. The standard InChI is InChI=1S/C14H14N4O3/c1-2-21-13-8-4-3-6-11(13)10-16-17-14-12(18(19)20)7-5-9-15-14/h3-10H,2H2,1H3,(H,15,17)/b16-10-. The Morgan fingerprint density at radius 1 is 1.38 bits per heavy atom. The van der Waals surface area contributed by atoms with Gasteiger partial charge in [0.1, 0.15) is 5.75 Å². The summed E-state index contributed by atoms with van der Waals surface area (Å²) in [6, 6.07) is 10.2. The first kappa shape index (κ1) is 14.4. The number of rotatable bonds is 6. The fraction of sp³-hybridized carbons (Fsp3) is 0.143. The summed E-state index contributed by atoms with van der Waals surface area (Å²) >= 11 is 0. The summed E-state index contributed by atoms with van der Waals surface area (Å²) in [5.41, 5.74) is 3.21. The summed E-state index contributed by atoms with van der Waals surface area (Å²) in [6.45, 7) is 2.44. The summed E-state index contributed by atoms with van der Waals surface area (Å²) in [4.78, 5) is 14.2. The molecule has 0 spiro atoms. The molecule has 1 heterocycles. The highest BCUT2D eigenvalue weighted by molar-refractivity contribution is 5.84. The third-order valence-corrected chi connectivity index (χ3v) is 2.58. The molecule has 0 aliphatic carbocycles. The number of ether oxygens (including phenoxy) is 1. The number of benzene rings is 1. The van der Waals surface area contributed by atoms with Crippen LogP contribution in [0.5, 0.6) is 5.75 Å². The van der Waals surface area contributed by atoms with E-state index in [1.165, 1.54) is 24.5 Å². The molecule has 0 atom stereocenters. The van der Waals surface area contributed by atoms with Gasteiger partial charge in [-0.3, -0.25) is 15.5 Å². The Balaban J connectivity index is 2.15. The number of hydrazone groups is 1. The van der Waals surface area contributed by atoms with Crippen LogP contribution in [0.3, 0.4) is 0 Å². The first-order chi connectivity index (χ1) is 10.2. The van der Waals surface area contributed by atoms with Crippen molar-refractivity contribution in [2.24, 2.45) is 5.10 Å². The first-order valence-corrected chi connectivity index (χ1v) is 6.32. The van der Waals surface area contributed by atoms with Gasteiger partial charge in [0.15, 0.2) is 0 Å². The van der Waals surface area contributed by atoms with Crippen molar-refractivity contribution in [2.45, 2.75) is 6.92 Å². The molecule has 0 saturated heterocycles. The van der Waals surface area contributed by atoms with Crippen molar-refractivity contribution in [3.05, 3.63) is 58.3 Å². The van der Waals surface area contributed by atoms with Gasteiger partial charge in [0, 0.05) is 17.8 Å². The molecule has 21 heavy (non-hydrogen) atoms. The number of nitrogens with zero attached hydrogens (tertiary/aromatic N) is 3. The van der Waals surface area contributed by atoms with Crippen molar-refractivity contribution in [2.75, 3.05) is 12.0 Å². The van der Waals surface area contributed by atoms with Crippen LogP contribution in [0.15, 0.2) is 47.7 Å². The van der Waals surface area contributed by atoms with Gasteiger partial charge in [0.2, 0.25) is 5.82 Å². The van der Waals surface area contributed by atoms with Gasteiger partial charge in [0.25, 0.3) is 0 Å². The SMILES string of the molecule is CCOc1ccccc1/C=N\Nc1ncccc1[N+](=O)[O-]. The van der Waals surface area contributed by atoms with Crippen LogP contribution in [0, 0.1) is 10.1 Å². The topological polar surface area (TPSA) is 89.7 Å². The number of pyridine rings is 1. The van der Waals surface area contributed by atoms with Gasteiger partial charge in [-0.25, -0.2) is 4.98 Å². The molecule has 0 aliphatic heterocycles. The van der Waals surface area contributed by atoms with Crippen molar-refractivity contribution in [1.29, 1.82) is 0 Å². The highest BCUT2D eigenvalue weighted by Crippen LogP contribution is 2.20. The van der Waals surface area contributed by atoms with Crippen molar-refractivity contribution >= 4 is 17.7 Å². The molecule has 2 rings (SSSR count). The van der Waals surface area contributed by atoms with Crippen molar-refractivity contribution in [1.82, 2.24) is 4.98 Å². The zero-order chi connectivity index (χ0) is 15.1. The Morgan fingerprint density at radius 2 is 2.19 bits per heavy atom. The molecule has 0 fully saturated rings. The van der Waals surface area contributed by atoms with Gasteiger partial charge in [-0.1, -0.05) is 12.1 Å². The molecule has 108 valence electrons. The molecule has 7 heteroatoms. The van der Waals surface area contributed by atoms with Gasteiger partial charge in [-0.2, -0.15) is 5.10 Å². The van der Waals surface area contributed by atoms with E-state index in [1.54, 1.807) is 0 Å². The van der Waals surface area contributed by atoms with Gasteiger partial charge in [-0.15, -0.1) is 0 Å². The van der Waals surface area contributed by atoms with E-state index in [4.69, 9.17) is 4.74 Å². The van der Waals surface area contributed by atoms with Crippen LogP contribution in [0.4, 0.5) is 11.5 Å². The predicted octanol–water partition coefficient (Wildman–Crippen LogP) is 2.83. The lowest BCUT2D eigenvalue weighted by Gasteiger charge is -2.06. The summed E-state index contributed by atoms with van der Waals surface area (Å²) in [7, 11) is 0. The minimum Gasteiger partial charge on any atom is -0.493 e. The number of anilines is 1. The zero-order valence-electron chi connectivity index (χ0n) is 11.4. The van der Waals surface area contributed by atoms with Crippen LogP contribution >= 0.6 is 0 Å².